The normalized spacial score (nSPS) is 23.3. The Labute approximate surface area is 110 Å². The van der Waals surface area contributed by atoms with Crippen molar-refractivity contribution in [1.29, 1.82) is 0 Å². The molecular weight excluding hydrogens is 254 g/mol. The van der Waals surface area contributed by atoms with Crippen molar-refractivity contribution in [3.63, 3.8) is 0 Å². The number of hydrogen-bond donors (Lipinski definition) is 1. The highest BCUT2D eigenvalue weighted by atomic mass is 32.1. The van der Waals surface area contributed by atoms with E-state index in [-0.39, 0.29) is 6.10 Å². The van der Waals surface area contributed by atoms with Crippen LogP contribution in [0, 0.1) is 0 Å². The van der Waals surface area contributed by atoms with Crippen molar-refractivity contribution in [2.45, 2.75) is 32.7 Å². The van der Waals surface area contributed by atoms with Crippen LogP contribution in [0.2, 0.25) is 0 Å². The summed E-state index contributed by atoms with van der Waals surface area (Å²) in [6, 6.07) is 3.72. The van der Waals surface area contributed by atoms with Gasteiger partial charge in [-0.15, -0.1) is 0 Å². The van der Waals surface area contributed by atoms with Crippen LogP contribution in [0.4, 0.5) is 0 Å². The molecule has 1 aromatic rings. The SMILES string of the molecule is C/C(=N\O)c1ccc(OCC2COC(C)(C)O2)s1. The number of hydrogen-bond acceptors (Lipinski definition) is 6. The van der Waals surface area contributed by atoms with Gasteiger partial charge in [0.1, 0.15) is 12.7 Å². The molecular formula is C12H17NO4S. The Morgan fingerprint density at radius 1 is 1.61 bits per heavy atom. The van der Waals surface area contributed by atoms with Crippen molar-refractivity contribution >= 4 is 17.0 Å². The topological polar surface area (TPSA) is 60.3 Å². The lowest BCUT2D eigenvalue weighted by Crippen LogP contribution is -2.24. The fraction of sp³-hybridized carbons (Fsp3) is 0.583. The Morgan fingerprint density at radius 3 is 3.00 bits per heavy atom. The molecule has 18 heavy (non-hydrogen) atoms. The van der Waals surface area contributed by atoms with Crippen LogP contribution in [-0.4, -0.2) is 36.0 Å². The van der Waals surface area contributed by atoms with Gasteiger partial charge in [0, 0.05) is 0 Å². The predicted molar refractivity (Wildman–Crippen MR) is 68.7 cm³/mol. The van der Waals surface area contributed by atoms with Crippen molar-refractivity contribution in [2.24, 2.45) is 5.16 Å². The van der Waals surface area contributed by atoms with Crippen LogP contribution in [0.15, 0.2) is 17.3 Å². The first-order valence-corrected chi connectivity index (χ1v) is 6.55. The Morgan fingerprint density at radius 2 is 2.39 bits per heavy atom. The third-order valence-corrected chi connectivity index (χ3v) is 3.67. The minimum Gasteiger partial charge on any atom is -0.481 e. The first kappa shape index (κ1) is 13.3. The molecule has 6 heteroatoms. The van der Waals surface area contributed by atoms with E-state index < -0.39 is 5.79 Å². The summed E-state index contributed by atoms with van der Waals surface area (Å²) in [4.78, 5) is 0.886. The zero-order valence-corrected chi connectivity index (χ0v) is 11.5. The van der Waals surface area contributed by atoms with E-state index in [1.54, 1.807) is 6.92 Å². The fourth-order valence-corrected chi connectivity index (χ4v) is 2.47. The minimum atomic E-state index is -0.519. The summed E-state index contributed by atoms with van der Waals surface area (Å²) in [6.07, 6.45) is -0.0434. The molecule has 2 heterocycles. The Balaban J connectivity index is 1.86. The summed E-state index contributed by atoms with van der Waals surface area (Å²) in [7, 11) is 0. The lowest BCUT2D eigenvalue weighted by Gasteiger charge is -2.16. The van der Waals surface area contributed by atoms with Gasteiger partial charge in [0.2, 0.25) is 0 Å². The highest BCUT2D eigenvalue weighted by Gasteiger charge is 2.33. The number of nitrogens with zero attached hydrogens (tertiary/aromatic N) is 1. The maximum atomic E-state index is 8.67. The number of rotatable bonds is 4. The molecule has 1 atom stereocenters. The van der Waals surface area contributed by atoms with E-state index in [1.807, 2.05) is 26.0 Å². The van der Waals surface area contributed by atoms with Gasteiger partial charge in [0.15, 0.2) is 10.9 Å². The Bertz CT molecular complexity index is 441. The standard InChI is InChI=1S/C12H17NO4S/c1-8(13-14)10-4-5-11(18-10)15-6-9-7-16-12(2,3)17-9/h4-5,9,14H,6-7H2,1-3H3/b13-8+. The molecule has 0 spiro atoms. The maximum absolute atomic E-state index is 8.67. The molecule has 5 nitrogen and oxygen atoms in total. The second kappa shape index (κ2) is 5.26. The van der Waals surface area contributed by atoms with Gasteiger partial charge < -0.3 is 19.4 Å². The molecule has 0 aliphatic carbocycles. The van der Waals surface area contributed by atoms with Gasteiger partial charge in [-0.1, -0.05) is 16.5 Å². The molecule has 1 aromatic heterocycles. The van der Waals surface area contributed by atoms with Crippen molar-refractivity contribution in [1.82, 2.24) is 0 Å². The summed E-state index contributed by atoms with van der Waals surface area (Å²) in [6.45, 7) is 6.52. The zero-order valence-electron chi connectivity index (χ0n) is 10.7. The number of ether oxygens (including phenoxy) is 3. The van der Waals surface area contributed by atoms with Crippen LogP contribution in [-0.2, 0) is 9.47 Å². The highest BCUT2D eigenvalue weighted by molar-refractivity contribution is 7.15. The molecule has 1 aliphatic rings. The molecule has 100 valence electrons. The first-order chi connectivity index (χ1) is 8.50. The first-order valence-electron chi connectivity index (χ1n) is 5.73. The summed E-state index contributed by atoms with van der Waals surface area (Å²) in [5.41, 5.74) is 0.580. The summed E-state index contributed by atoms with van der Waals surface area (Å²) in [5.74, 6) is -0.519. The molecule has 1 aliphatic heterocycles. The molecule has 1 unspecified atom stereocenters. The lowest BCUT2D eigenvalue weighted by atomic mass is 10.3. The molecule has 0 aromatic carbocycles. The predicted octanol–water partition coefficient (Wildman–Crippen LogP) is 2.48. The second-order valence-corrected chi connectivity index (χ2v) is 5.61. The number of thiophene rings is 1. The third kappa shape index (κ3) is 3.22. The van der Waals surface area contributed by atoms with Crippen LogP contribution >= 0.6 is 11.3 Å². The van der Waals surface area contributed by atoms with Gasteiger partial charge in [-0.2, -0.15) is 0 Å². The van der Waals surface area contributed by atoms with Crippen LogP contribution in [0.25, 0.3) is 0 Å². The molecule has 2 rings (SSSR count). The molecule has 0 radical (unpaired) electrons. The quantitative estimate of drug-likeness (QED) is 0.519. The van der Waals surface area contributed by atoms with Gasteiger partial charge >= 0.3 is 0 Å². The van der Waals surface area contributed by atoms with Gasteiger partial charge in [0.05, 0.1) is 17.2 Å². The van der Waals surface area contributed by atoms with Gasteiger partial charge in [-0.05, 0) is 32.9 Å². The molecule has 1 N–H and O–H groups in total. The third-order valence-electron chi connectivity index (χ3n) is 2.57. The van der Waals surface area contributed by atoms with E-state index in [4.69, 9.17) is 19.4 Å². The van der Waals surface area contributed by atoms with Gasteiger partial charge in [-0.3, -0.25) is 0 Å². The molecule has 1 fully saturated rings. The van der Waals surface area contributed by atoms with E-state index in [2.05, 4.69) is 5.16 Å². The van der Waals surface area contributed by atoms with E-state index in [0.717, 1.165) is 9.94 Å². The van der Waals surface area contributed by atoms with Crippen LogP contribution in [0.1, 0.15) is 25.6 Å². The van der Waals surface area contributed by atoms with E-state index >= 15 is 0 Å². The average molecular weight is 271 g/mol. The van der Waals surface area contributed by atoms with Gasteiger partial charge in [-0.25, -0.2) is 0 Å². The fourth-order valence-electron chi connectivity index (χ4n) is 1.66. The zero-order chi connectivity index (χ0) is 13.2. The number of oxime groups is 1. The molecule has 0 saturated carbocycles. The summed E-state index contributed by atoms with van der Waals surface area (Å²) < 4.78 is 16.7. The van der Waals surface area contributed by atoms with Gasteiger partial charge in [0.25, 0.3) is 0 Å². The summed E-state index contributed by atoms with van der Waals surface area (Å²) in [5, 5.41) is 12.6. The summed E-state index contributed by atoms with van der Waals surface area (Å²) >= 11 is 1.44. The second-order valence-electron chi connectivity index (χ2n) is 4.57. The molecule has 1 saturated heterocycles. The largest absolute Gasteiger partial charge is 0.481 e. The molecule has 0 amide bonds. The minimum absolute atomic E-state index is 0.0434. The van der Waals surface area contributed by atoms with Crippen LogP contribution < -0.4 is 4.74 Å². The highest BCUT2D eigenvalue weighted by Crippen LogP contribution is 2.27. The van der Waals surface area contributed by atoms with Crippen LogP contribution in [0.3, 0.4) is 0 Å². The lowest BCUT2D eigenvalue weighted by molar-refractivity contribution is -0.141. The van der Waals surface area contributed by atoms with E-state index in [0.29, 0.717) is 18.9 Å². The van der Waals surface area contributed by atoms with Crippen molar-refractivity contribution in [2.75, 3.05) is 13.2 Å². The van der Waals surface area contributed by atoms with Crippen molar-refractivity contribution in [3.8, 4) is 5.06 Å². The Hall–Kier alpha value is -1.11. The van der Waals surface area contributed by atoms with Crippen molar-refractivity contribution < 1.29 is 19.4 Å². The maximum Gasteiger partial charge on any atom is 0.174 e. The van der Waals surface area contributed by atoms with E-state index in [1.165, 1.54) is 11.3 Å². The molecule has 0 bridgehead atoms. The Kier molecular flexibility index (Phi) is 3.89. The van der Waals surface area contributed by atoms with Crippen LogP contribution in [0.5, 0.6) is 5.06 Å². The monoisotopic (exact) mass is 271 g/mol. The average Bonchev–Trinajstić information content (AvgIpc) is 2.92. The van der Waals surface area contributed by atoms with E-state index in [9.17, 15) is 0 Å². The smallest absolute Gasteiger partial charge is 0.174 e. The van der Waals surface area contributed by atoms with Crippen molar-refractivity contribution in [3.05, 3.63) is 17.0 Å².